The van der Waals surface area contributed by atoms with Crippen LogP contribution in [0.1, 0.15) is 12.0 Å². The molecule has 0 aliphatic carbocycles. The summed E-state index contributed by atoms with van der Waals surface area (Å²) in [6.07, 6.45) is 4.68. The van der Waals surface area contributed by atoms with Gasteiger partial charge in [0.2, 0.25) is 0 Å². The van der Waals surface area contributed by atoms with Crippen molar-refractivity contribution < 1.29 is 9.53 Å². The van der Waals surface area contributed by atoms with Crippen molar-refractivity contribution in [1.82, 2.24) is 4.98 Å². The Labute approximate surface area is 78.5 Å². The van der Waals surface area contributed by atoms with E-state index in [9.17, 15) is 4.79 Å². The van der Waals surface area contributed by atoms with E-state index < -0.39 is 0 Å². The first-order chi connectivity index (χ1) is 6.22. The molecule has 0 N–H and O–H groups in total. The summed E-state index contributed by atoms with van der Waals surface area (Å²) in [4.78, 5) is 14.9. The van der Waals surface area contributed by atoms with Crippen molar-refractivity contribution in [1.29, 1.82) is 0 Å². The number of esters is 1. The third-order valence-corrected chi connectivity index (χ3v) is 1.78. The largest absolute Gasteiger partial charge is 0.469 e. The molecule has 1 aromatic heterocycles. The number of pyridine rings is 1. The molecule has 13 heavy (non-hydrogen) atoms. The standard InChI is InChI=1S/C9H12BNO2/c1-13-9(12)3-2-7-4-8(10)6-11-5-7/h4-6H,2-3,10H2,1H3. The number of aryl methyl sites for hydroxylation is 1. The van der Waals surface area contributed by atoms with E-state index in [0.29, 0.717) is 12.8 Å². The molecule has 0 saturated carbocycles. The molecule has 0 radical (unpaired) electrons. The molecule has 68 valence electrons. The fourth-order valence-electron chi connectivity index (χ4n) is 1.10. The Bertz CT molecular complexity index is 301. The van der Waals surface area contributed by atoms with Gasteiger partial charge in [0.15, 0.2) is 0 Å². The molecular formula is C9H12BNO2. The summed E-state index contributed by atoms with van der Waals surface area (Å²) in [5.41, 5.74) is 2.19. The maximum absolute atomic E-state index is 10.8. The third-order valence-electron chi connectivity index (χ3n) is 1.78. The summed E-state index contributed by atoms with van der Waals surface area (Å²) in [6.45, 7) is 0. The van der Waals surface area contributed by atoms with Gasteiger partial charge in [-0.25, -0.2) is 0 Å². The van der Waals surface area contributed by atoms with Gasteiger partial charge in [-0.1, -0.05) is 11.5 Å². The Hall–Kier alpha value is -1.32. The van der Waals surface area contributed by atoms with E-state index in [2.05, 4.69) is 9.72 Å². The SMILES string of the molecule is Bc1cncc(CCC(=O)OC)c1. The van der Waals surface area contributed by atoms with Crippen LogP contribution in [0.3, 0.4) is 0 Å². The minimum Gasteiger partial charge on any atom is -0.469 e. The van der Waals surface area contributed by atoms with Gasteiger partial charge in [-0.2, -0.15) is 0 Å². The minimum atomic E-state index is -0.179. The molecule has 0 unspecified atom stereocenters. The summed E-state index contributed by atoms with van der Waals surface area (Å²) >= 11 is 0. The zero-order valence-corrected chi connectivity index (χ0v) is 7.91. The first-order valence-electron chi connectivity index (χ1n) is 4.19. The number of ether oxygens (including phenoxy) is 1. The number of aromatic nitrogens is 1. The lowest BCUT2D eigenvalue weighted by Crippen LogP contribution is -2.07. The lowest BCUT2D eigenvalue weighted by atomic mass is 9.96. The Morgan fingerprint density at radius 2 is 2.38 bits per heavy atom. The fraction of sp³-hybridized carbons (Fsp3) is 0.333. The van der Waals surface area contributed by atoms with E-state index in [1.807, 2.05) is 13.9 Å². The Kier molecular flexibility index (Phi) is 3.49. The van der Waals surface area contributed by atoms with Crippen LogP contribution in [-0.2, 0) is 16.0 Å². The van der Waals surface area contributed by atoms with Crippen molar-refractivity contribution in [3.05, 3.63) is 24.0 Å². The van der Waals surface area contributed by atoms with Crippen LogP contribution >= 0.6 is 0 Å². The van der Waals surface area contributed by atoms with Gasteiger partial charge in [-0.3, -0.25) is 9.78 Å². The maximum Gasteiger partial charge on any atom is 0.305 e. The van der Waals surface area contributed by atoms with Crippen LogP contribution in [0.25, 0.3) is 0 Å². The van der Waals surface area contributed by atoms with Crippen molar-refractivity contribution in [2.24, 2.45) is 0 Å². The second-order valence-electron chi connectivity index (χ2n) is 2.95. The molecule has 0 spiro atoms. The van der Waals surface area contributed by atoms with Crippen LogP contribution in [-0.4, -0.2) is 25.9 Å². The average Bonchev–Trinajstić information content (AvgIpc) is 2.14. The molecule has 0 aromatic carbocycles. The Balaban J connectivity index is 2.50. The summed E-state index contributed by atoms with van der Waals surface area (Å²) in [6, 6.07) is 2.02. The number of hydrogen-bond donors (Lipinski definition) is 0. The number of nitrogens with zero attached hydrogens (tertiary/aromatic N) is 1. The summed E-state index contributed by atoms with van der Waals surface area (Å²) in [7, 11) is 3.38. The third kappa shape index (κ3) is 3.28. The molecule has 0 saturated heterocycles. The second kappa shape index (κ2) is 4.65. The lowest BCUT2D eigenvalue weighted by Gasteiger charge is -2.00. The molecule has 0 aliphatic heterocycles. The molecule has 3 nitrogen and oxygen atoms in total. The molecule has 0 aliphatic rings. The van der Waals surface area contributed by atoms with E-state index in [4.69, 9.17) is 0 Å². The monoisotopic (exact) mass is 177 g/mol. The highest BCUT2D eigenvalue weighted by molar-refractivity contribution is 6.32. The van der Waals surface area contributed by atoms with Gasteiger partial charge >= 0.3 is 5.97 Å². The lowest BCUT2D eigenvalue weighted by molar-refractivity contribution is -0.140. The van der Waals surface area contributed by atoms with Crippen molar-refractivity contribution in [2.75, 3.05) is 7.11 Å². The van der Waals surface area contributed by atoms with Crippen LogP contribution in [0.5, 0.6) is 0 Å². The zero-order chi connectivity index (χ0) is 9.68. The van der Waals surface area contributed by atoms with Gasteiger partial charge < -0.3 is 4.74 Å². The van der Waals surface area contributed by atoms with E-state index in [0.717, 1.165) is 11.0 Å². The minimum absolute atomic E-state index is 0.179. The zero-order valence-electron chi connectivity index (χ0n) is 7.91. The number of rotatable bonds is 3. The van der Waals surface area contributed by atoms with Crippen LogP contribution in [0.15, 0.2) is 18.5 Å². The molecule has 1 aromatic rings. The van der Waals surface area contributed by atoms with Gasteiger partial charge in [0.25, 0.3) is 0 Å². The molecule has 0 amide bonds. The number of carbonyl (C=O) groups is 1. The van der Waals surface area contributed by atoms with Crippen LogP contribution in [0.2, 0.25) is 0 Å². The Morgan fingerprint density at radius 1 is 1.62 bits per heavy atom. The number of hydrogen-bond acceptors (Lipinski definition) is 3. The number of methoxy groups -OCH3 is 1. The highest BCUT2D eigenvalue weighted by atomic mass is 16.5. The van der Waals surface area contributed by atoms with E-state index in [1.54, 1.807) is 12.4 Å². The predicted molar refractivity (Wildman–Crippen MR) is 52.8 cm³/mol. The maximum atomic E-state index is 10.8. The molecule has 4 heteroatoms. The van der Waals surface area contributed by atoms with Crippen molar-refractivity contribution in [2.45, 2.75) is 12.8 Å². The van der Waals surface area contributed by atoms with Gasteiger partial charge in [0, 0.05) is 18.8 Å². The first kappa shape index (κ1) is 9.77. The molecule has 1 heterocycles. The predicted octanol–water partition coefficient (Wildman–Crippen LogP) is -0.554. The molecule has 0 atom stereocenters. The Morgan fingerprint density at radius 3 is 3.00 bits per heavy atom. The van der Waals surface area contributed by atoms with Crippen LogP contribution in [0.4, 0.5) is 0 Å². The van der Waals surface area contributed by atoms with Gasteiger partial charge in [0.05, 0.1) is 7.11 Å². The quantitative estimate of drug-likeness (QED) is 0.459. The molecular weight excluding hydrogens is 165 g/mol. The van der Waals surface area contributed by atoms with E-state index >= 15 is 0 Å². The van der Waals surface area contributed by atoms with Crippen molar-refractivity contribution in [3.63, 3.8) is 0 Å². The van der Waals surface area contributed by atoms with Crippen molar-refractivity contribution in [3.8, 4) is 0 Å². The first-order valence-corrected chi connectivity index (χ1v) is 4.19. The molecule has 0 fully saturated rings. The normalized spacial score (nSPS) is 9.62. The van der Waals surface area contributed by atoms with Crippen molar-refractivity contribution >= 4 is 19.3 Å². The fourth-order valence-corrected chi connectivity index (χ4v) is 1.10. The van der Waals surface area contributed by atoms with E-state index in [1.165, 1.54) is 7.11 Å². The van der Waals surface area contributed by atoms with Crippen LogP contribution < -0.4 is 5.46 Å². The smallest absolute Gasteiger partial charge is 0.305 e. The van der Waals surface area contributed by atoms with E-state index in [-0.39, 0.29) is 5.97 Å². The number of carbonyl (C=O) groups excluding carboxylic acids is 1. The van der Waals surface area contributed by atoms with Gasteiger partial charge in [-0.15, -0.1) is 0 Å². The summed E-state index contributed by atoms with van der Waals surface area (Å²) in [5, 5.41) is 0. The summed E-state index contributed by atoms with van der Waals surface area (Å²) < 4.78 is 4.54. The topological polar surface area (TPSA) is 39.2 Å². The average molecular weight is 177 g/mol. The summed E-state index contributed by atoms with van der Waals surface area (Å²) in [5.74, 6) is -0.179. The highest BCUT2D eigenvalue weighted by Crippen LogP contribution is 1.99. The van der Waals surface area contributed by atoms with Gasteiger partial charge in [0.1, 0.15) is 7.85 Å². The molecule has 0 bridgehead atoms. The van der Waals surface area contributed by atoms with Crippen LogP contribution in [0, 0.1) is 0 Å². The molecule has 1 rings (SSSR count). The van der Waals surface area contributed by atoms with Gasteiger partial charge in [-0.05, 0) is 12.0 Å². The highest BCUT2D eigenvalue weighted by Gasteiger charge is 2.01. The second-order valence-corrected chi connectivity index (χ2v) is 2.95.